The summed E-state index contributed by atoms with van der Waals surface area (Å²) in [6.45, 7) is 2.44. The van der Waals surface area contributed by atoms with Crippen LogP contribution >= 0.6 is 15.9 Å². The Balaban J connectivity index is 2.09. The molecule has 0 radical (unpaired) electrons. The van der Waals surface area contributed by atoms with Gasteiger partial charge in [0.15, 0.2) is 0 Å². The van der Waals surface area contributed by atoms with Crippen LogP contribution in [0.25, 0.3) is 0 Å². The average Bonchev–Trinajstić information content (AvgIpc) is 2.63. The summed E-state index contributed by atoms with van der Waals surface area (Å²) in [6, 6.07) is 13.1. The first-order valence-corrected chi connectivity index (χ1v) is 8.75. The molecule has 2 N–H and O–H groups in total. The number of nitrogens with one attached hydrogen (secondary N) is 1. The minimum atomic E-state index is -0.332. The van der Waals surface area contributed by atoms with Gasteiger partial charge in [-0.3, -0.25) is 4.79 Å². The summed E-state index contributed by atoms with van der Waals surface area (Å²) in [5.41, 5.74) is 2.59. The van der Waals surface area contributed by atoms with Gasteiger partial charge in [-0.15, -0.1) is 0 Å². The second-order valence-electron chi connectivity index (χ2n) is 5.55. The fourth-order valence-electron chi connectivity index (χ4n) is 2.34. The number of amides is 1. The van der Waals surface area contributed by atoms with E-state index < -0.39 is 0 Å². The van der Waals surface area contributed by atoms with Gasteiger partial charge in [0.05, 0.1) is 32.0 Å². The van der Waals surface area contributed by atoms with Crippen LogP contribution in [-0.4, -0.2) is 37.9 Å². The predicted octanol–water partition coefficient (Wildman–Crippen LogP) is 3.25. The van der Waals surface area contributed by atoms with Crippen LogP contribution in [-0.2, 0) is 4.74 Å². The van der Waals surface area contributed by atoms with E-state index in [1.807, 2.05) is 31.2 Å². The first-order valence-electron chi connectivity index (χ1n) is 7.96. The molecule has 0 aliphatic heterocycles. The van der Waals surface area contributed by atoms with Crippen LogP contribution in [0.15, 0.2) is 46.9 Å². The summed E-state index contributed by atoms with van der Waals surface area (Å²) in [5, 5.41) is 11.9. The largest absolute Gasteiger partial charge is 0.497 e. The van der Waals surface area contributed by atoms with Crippen molar-refractivity contribution in [1.82, 2.24) is 5.32 Å². The molecule has 0 saturated heterocycles. The standard InChI is InChI=1S/C19H22BrNO4/c1-13-3-5-14(6-4-13)18(25-10-9-22)12-21-19(23)16-11-15(24-2)7-8-17(16)20/h3-8,11,18,22H,9-10,12H2,1-2H3,(H,21,23)/t18-/m1/s1. The van der Waals surface area contributed by atoms with Gasteiger partial charge >= 0.3 is 0 Å². The fourth-order valence-corrected chi connectivity index (χ4v) is 2.76. The van der Waals surface area contributed by atoms with Gasteiger partial charge in [0, 0.05) is 11.0 Å². The van der Waals surface area contributed by atoms with E-state index >= 15 is 0 Å². The number of carbonyl (C=O) groups is 1. The number of benzene rings is 2. The molecule has 1 amide bonds. The van der Waals surface area contributed by atoms with Crippen molar-refractivity contribution in [2.75, 3.05) is 26.9 Å². The molecule has 0 unspecified atom stereocenters. The Kier molecular flexibility index (Phi) is 7.43. The summed E-state index contributed by atoms with van der Waals surface area (Å²) in [5.74, 6) is 0.385. The molecule has 1 atom stereocenters. The van der Waals surface area contributed by atoms with E-state index in [9.17, 15) is 4.79 Å². The molecule has 2 rings (SSSR count). The van der Waals surface area contributed by atoms with Gasteiger partial charge in [-0.25, -0.2) is 0 Å². The van der Waals surface area contributed by atoms with Gasteiger partial charge in [0.1, 0.15) is 5.75 Å². The van der Waals surface area contributed by atoms with Crippen molar-refractivity contribution in [2.45, 2.75) is 13.0 Å². The number of hydrogen-bond acceptors (Lipinski definition) is 4. The summed E-state index contributed by atoms with van der Waals surface area (Å²) in [4.78, 5) is 12.5. The minimum absolute atomic E-state index is 0.0717. The van der Waals surface area contributed by atoms with Crippen molar-refractivity contribution in [2.24, 2.45) is 0 Å². The molecule has 0 aliphatic carbocycles. The highest BCUT2D eigenvalue weighted by Crippen LogP contribution is 2.23. The summed E-state index contributed by atoms with van der Waals surface area (Å²) < 4.78 is 11.5. The molecule has 5 nitrogen and oxygen atoms in total. The number of halogens is 1. The van der Waals surface area contributed by atoms with E-state index in [0.29, 0.717) is 22.3 Å². The summed E-state index contributed by atoms with van der Waals surface area (Å²) in [6.07, 6.45) is -0.332. The lowest BCUT2D eigenvalue weighted by Gasteiger charge is -2.19. The van der Waals surface area contributed by atoms with Crippen molar-refractivity contribution < 1.29 is 19.4 Å². The zero-order chi connectivity index (χ0) is 18.2. The van der Waals surface area contributed by atoms with Gasteiger partial charge in [0.2, 0.25) is 0 Å². The van der Waals surface area contributed by atoms with E-state index in [0.717, 1.165) is 11.1 Å². The number of rotatable bonds is 8. The molecule has 0 spiro atoms. The molecule has 0 heterocycles. The highest BCUT2D eigenvalue weighted by molar-refractivity contribution is 9.10. The molecular formula is C19H22BrNO4. The molecule has 6 heteroatoms. The van der Waals surface area contributed by atoms with Crippen molar-refractivity contribution in [3.05, 3.63) is 63.6 Å². The van der Waals surface area contributed by atoms with E-state index in [-0.39, 0.29) is 25.2 Å². The second-order valence-corrected chi connectivity index (χ2v) is 6.40. The lowest BCUT2D eigenvalue weighted by molar-refractivity contribution is 0.0277. The highest BCUT2D eigenvalue weighted by atomic mass is 79.9. The van der Waals surface area contributed by atoms with Gasteiger partial charge in [-0.05, 0) is 46.6 Å². The molecule has 0 aromatic heterocycles. The predicted molar refractivity (Wildman–Crippen MR) is 100.0 cm³/mol. The molecule has 0 saturated carbocycles. The Labute approximate surface area is 156 Å². The third-order valence-electron chi connectivity index (χ3n) is 3.73. The maximum atomic E-state index is 12.5. The van der Waals surface area contributed by atoms with Crippen molar-refractivity contribution >= 4 is 21.8 Å². The van der Waals surface area contributed by atoms with Gasteiger partial charge in [0.25, 0.3) is 5.91 Å². The monoisotopic (exact) mass is 407 g/mol. The number of carbonyl (C=O) groups excluding carboxylic acids is 1. The van der Waals surface area contributed by atoms with Crippen LogP contribution in [0.4, 0.5) is 0 Å². The van der Waals surface area contributed by atoms with Crippen LogP contribution in [0, 0.1) is 6.92 Å². The molecule has 0 bridgehead atoms. The fraction of sp³-hybridized carbons (Fsp3) is 0.316. The maximum Gasteiger partial charge on any atom is 0.252 e. The summed E-state index contributed by atoms with van der Waals surface area (Å²) in [7, 11) is 1.56. The number of aliphatic hydroxyl groups is 1. The molecule has 2 aromatic rings. The number of aryl methyl sites for hydroxylation is 1. The number of aliphatic hydroxyl groups excluding tert-OH is 1. The third kappa shape index (κ3) is 5.56. The lowest BCUT2D eigenvalue weighted by atomic mass is 10.1. The molecule has 0 aliphatic rings. The van der Waals surface area contributed by atoms with Gasteiger partial charge < -0.3 is 19.9 Å². The van der Waals surface area contributed by atoms with Crippen molar-refractivity contribution in [1.29, 1.82) is 0 Å². The Morgan fingerprint density at radius 2 is 1.96 bits per heavy atom. The zero-order valence-electron chi connectivity index (χ0n) is 14.3. The zero-order valence-corrected chi connectivity index (χ0v) is 15.9. The van der Waals surface area contributed by atoms with Crippen molar-refractivity contribution in [3.8, 4) is 5.75 Å². The van der Waals surface area contributed by atoms with E-state index in [1.165, 1.54) is 0 Å². The first-order chi connectivity index (χ1) is 12.0. The lowest BCUT2D eigenvalue weighted by Crippen LogP contribution is -2.30. The SMILES string of the molecule is COc1ccc(Br)c(C(=O)NC[C@@H](OCCO)c2ccc(C)cc2)c1. The van der Waals surface area contributed by atoms with E-state index in [2.05, 4.69) is 21.2 Å². The minimum Gasteiger partial charge on any atom is -0.497 e. The molecule has 134 valence electrons. The highest BCUT2D eigenvalue weighted by Gasteiger charge is 2.16. The quantitative estimate of drug-likeness (QED) is 0.704. The Bertz CT molecular complexity index is 703. The topological polar surface area (TPSA) is 67.8 Å². The van der Waals surface area contributed by atoms with Crippen LogP contribution < -0.4 is 10.1 Å². The first kappa shape index (κ1) is 19.4. The normalized spacial score (nSPS) is 11.8. The van der Waals surface area contributed by atoms with E-state index in [1.54, 1.807) is 25.3 Å². The second kappa shape index (κ2) is 9.56. The molecular weight excluding hydrogens is 386 g/mol. The summed E-state index contributed by atoms with van der Waals surface area (Å²) >= 11 is 3.38. The van der Waals surface area contributed by atoms with Gasteiger partial charge in [-0.1, -0.05) is 29.8 Å². The number of ether oxygens (including phenoxy) is 2. The Morgan fingerprint density at radius 3 is 2.60 bits per heavy atom. The molecule has 25 heavy (non-hydrogen) atoms. The molecule has 0 fully saturated rings. The van der Waals surface area contributed by atoms with Crippen LogP contribution in [0.5, 0.6) is 5.75 Å². The van der Waals surface area contributed by atoms with E-state index in [4.69, 9.17) is 14.6 Å². The Morgan fingerprint density at radius 1 is 1.24 bits per heavy atom. The number of methoxy groups -OCH3 is 1. The van der Waals surface area contributed by atoms with Gasteiger partial charge in [-0.2, -0.15) is 0 Å². The Hall–Kier alpha value is -1.89. The number of hydrogen-bond donors (Lipinski definition) is 2. The molecule has 2 aromatic carbocycles. The average molecular weight is 408 g/mol. The van der Waals surface area contributed by atoms with Crippen LogP contribution in [0.3, 0.4) is 0 Å². The third-order valence-corrected chi connectivity index (χ3v) is 4.42. The van der Waals surface area contributed by atoms with Crippen LogP contribution in [0.1, 0.15) is 27.6 Å². The maximum absolute atomic E-state index is 12.5. The smallest absolute Gasteiger partial charge is 0.252 e. The van der Waals surface area contributed by atoms with Crippen LogP contribution in [0.2, 0.25) is 0 Å². The van der Waals surface area contributed by atoms with Crippen molar-refractivity contribution in [3.63, 3.8) is 0 Å².